The van der Waals surface area contributed by atoms with Crippen molar-refractivity contribution >= 4 is 22.5 Å². The number of rotatable bonds is 8. The fourth-order valence-corrected chi connectivity index (χ4v) is 5.57. The summed E-state index contributed by atoms with van der Waals surface area (Å²) in [6.07, 6.45) is 0.917. The summed E-state index contributed by atoms with van der Waals surface area (Å²) in [5.41, 5.74) is 4.84. The number of hydrogen-bond donors (Lipinski definition) is 2. The molecule has 0 bridgehead atoms. The normalized spacial score (nSPS) is 16.9. The third kappa shape index (κ3) is 5.27. The van der Waals surface area contributed by atoms with Gasteiger partial charge in [0.1, 0.15) is 23.9 Å². The van der Waals surface area contributed by atoms with E-state index in [4.69, 9.17) is 16.3 Å². The molecule has 1 aliphatic heterocycles. The predicted molar refractivity (Wildman–Crippen MR) is 147 cm³/mol. The molecule has 0 saturated carbocycles. The van der Waals surface area contributed by atoms with Crippen LogP contribution in [0, 0.1) is 12.8 Å². The number of halogens is 2. The minimum atomic E-state index is -0.246. The van der Waals surface area contributed by atoms with Crippen LogP contribution in [0.15, 0.2) is 60.7 Å². The number of fused-ring (bicyclic) bond motifs is 1. The van der Waals surface area contributed by atoms with Crippen molar-refractivity contribution in [3.8, 4) is 28.5 Å². The first kappa shape index (κ1) is 25.4. The molecule has 2 N–H and O–H groups in total. The van der Waals surface area contributed by atoms with E-state index in [0.29, 0.717) is 18.2 Å². The Morgan fingerprint density at radius 3 is 2.49 bits per heavy atom. The molecule has 1 fully saturated rings. The number of likely N-dealkylation sites (tertiary alicyclic amines) is 1. The highest BCUT2D eigenvalue weighted by Gasteiger charge is 2.26. The van der Waals surface area contributed by atoms with Crippen molar-refractivity contribution in [1.82, 2.24) is 9.47 Å². The van der Waals surface area contributed by atoms with Gasteiger partial charge in [0.25, 0.3) is 0 Å². The maximum atomic E-state index is 13.0. The van der Waals surface area contributed by atoms with Crippen LogP contribution in [0.3, 0.4) is 0 Å². The van der Waals surface area contributed by atoms with Crippen molar-refractivity contribution in [3.05, 3.63) is 76.8 Å². The molecule has 3 aromatic carbocycles. The van der Waals surface area contributed by atoms with Crippen LogP contribution in [0.5, 0.6) is 17.2 Å². The first-order chi connectivity index (χ1) is 17.8. The van der Waals surface area contributed by atoms with E-state index in [0.717, 1.165) is 58.5 Å². The van der Waals surface area contributed by atoms with E-state index in [9.17, 15) is 14.6 Å². The van der Waals surface area contributed by atoms with Gasteiger partial charge in [0.2, 0.25) is 0 Å². The molecule has 37 heavy (non-hydrogen) atoms. The van der Waals surface area contributed by atoms with Gasteiger partial charge >= 0.3 is 0 Å². The van der Waals surface area contributed by atoms with Crippen molar-refractivity contribution in [2.75, 3.05) is 26.4 Å². The minimum Gasteiger partial charge on any atom is -0.508 e. The molecule has 0 aliphatic carbocycles. The highest BCUT2D eigenvalue weighted by atomic mass is 35.5. The first-order valence-corrected chi connectivity index (χ1v) is 13.0. The lowest BCUT2D eigenvalue weighted by Gasteiger charge is -2.24. The summed E-state index contributed by atoms with van der Waals surface area (Å²) in [6.45, 7) is 6.78. The molecule has 4 aromatic rings. The molecular weight excluding hydrogens is 491 g/mol. The maximum absolute atomic E-state index is 13.0. The molecule has 1 saturated heterocycles. The molecule has 5 nitrogen and oxygen atoms in total. The van der Waals surface area contributed by atoms with Gasteiger partial charge in [-0.05, 0) is 86.5 Å². The number of aromatic hydroxyl groups is 2. The topological polar surface area (TPSA) is 57.9 Å². The second-order valence-electron chi connectivity index (χ2n) is 10.0. The number of aromatic nitrogens is 1. The zero-order valence-electron chi connectivity index (χ0n) is 21.1. The van der Waals surface area contributed by atoms with Gasteiger partial charge in [-0.15, -0.1) is 0 Å². The van der Waals surface area contributed by atoms with Gasteiger partial charge < -0.3 is 19.5 Å². The summed E-state index contributed by atoms with van der Waals surface area (Å²) < 4.78 is 21.2. The molecule has 1 aromatic heterocycles. The van der Waals surface area contributed by atoms with Crippen LogP contribution in [0.2, 0.25) is 5.02 Å². The molecule has 0 radical (unpaired) electrons. The van der Waals surface area contributed by atoms with Gasteiger partial charge in [0.15, 0.2) is 0 Å². The SMILES string of the molecule is Cc1c(-c2ccc(O)cc2Cl)n(Cc2ccc(OC[C@H](C)N3CC[C@@H](CF)C3)cc2)c2ccc(O)cc12. The van der Waals surface area contributed by atoms with Crippen LogP contribution < -0.4 is 4.74 Å². The monoisotopic (exact) mass is 522 g/mol. The zero-order chi connectivity index (χ0) is 26.1. The standard InChI is InChI=1S/C30H32ClFN2O3/c1-19(33-12-11-22(15-32)16-33)18-37-25-7-3-21(4-8-25)17-34-29-10-6-23(35)13-27(29)20(2)30(34)26-9-5-24(36)14-28(26)31/h3-10,13-14,19,22,35-36H,11-12,15-18H2,1-2H3/t19-,22-/m0/s1. The summed E-state index contributed by atoms with van der Waals surface area (Å²) in [7, 11) is 0. The quantitative estimate of drug-likeness (QED) is 0.267. The minimum absolute atomic E-state index is 0.114. The van der Waals surface area contributed by atoms with Crippen molar-refractivity contribution in [3.63, 3.8) is 0 Å². The van der Waals surface area contributed by atoms with Gasteiger partial charge in [-0.1, -0.05) is 23.7 Å². The number of ether oxygens (including phenoxy) is 1. The molecular formula is C30H32ClFN2O3. The van der Waals surface area contributed by atoms with Crippen LogP contribution in [0.25, 0.3) is 22.2 Å². The molecule has 5 rings (SSSR count). The van der Waals surface area contributed by atoms with Crippen LogP contribution in [0.1, 0.15) is 24.5 Å². The van der Waals surface area contributed by atoms with Crippen molar-refractivity contribution < 1.29 is 19.3 Å². The molecule has 7 heteroatoms. The summed E-state index contributed by atoms with van der Waals surface area (Å²) in [6, 6.07) is 18.7. The summed E-state index contributed by atoms with van der Waals surface area (Å²) in [5.74, 6) is 1.28. The van der Waals surface area contributed by atoms with Gasteiger partial charge in [0, 0.05) is 41.5 Å². The number of benzene rings is 3. The molecule has 2 heterocycles. The summed E-state index contributed by atoms with van der Waals surface area (Å²) >= 11 is 6.55. The van der Waals surface area contributed by atoms with E-state index >= 15 is 0 Å². The van der Waals surface area contributed by atoms with E-state index < -0.39 is 0 Å². The Kier molecular flexibility index (Phi) is 7.31. The Morgan fingerprint density at radius 2 is 1.78 bits per heavy atom. The van der Waals surface area contributed by atoms with Crippen molar-refractivity contribution in [2.24, 2.45) is 5.92 Å². The van der Waals surface area contributed by atoms with E-state index in [1.807, 2.05) is 31.2 Å². The highest BCUT2D eigenvalue weighted by molar-refractivity contribution is 6.33. The van der Waals surface area contributed by atoms with Crippen LogP contribution in [-0.2, 0) is 6.54 Å². The second-order valence-corrected chi connectivity index (χ2v) is 10.4. The predicted octanol–water partition coefficient (Wildman–Crippen LogP) is 6.79. The smallest absolute Gasteiger partial charge is 0.119 e. The Morgan fingerprint density at radius 1 is 1.05 bits per heavy atom. The first-order valence-electron chi connectivity index (χ1n) is 12.7. The average molecular weight is 523 g/mol. The molecule has 1 aliphatic rings. The molecule has 0 amide bonds. The Bertz CT molecular complexity index is 1400. The molecule has 0 spiro atoms. The number of phenols is 2. The number of aryl methyl sites for hydroxylation is 1. The highest BCUT2D eigenvalue weighted by Crippen LogP contribution is 2.39. The number of phenolic OH excluding ortho intramolecular Hbond substituents is 2. The largest absolute Gasteiger partial charge is 0.508 e. The van der Waals surface area contributed by atoms with E-state index in [1.54, 1.807) is 24.3 Å². The lowest BCUT2D eigenvalue weighted by Crippen LogP contribution is -2.35. The van der Waals surface area contributed by atoms with Crippen LogP contribution >= 0.6 is 11.6 Å². The van der Waals surface area contributed by atoms with E-state index in [1.165, 1.54) is 0 Å². The third-order valence-electron chi connectivity index (χ3n) is 7.42. The van der Waals surface area contributed by atoms with Gasteiger partial charge in [-0.3, -0.25) is 9.29 Å². The Balaban J connectivity index is 1.38. The second kappa shape index (κ2) is 10.6. The van der Waals surface area contributed by atoms with Crippen molar-refractivity contribution in [1.29, 1.82) is 0 Å². The summed E-state index contributed by atoms with van der Waals surface area (Å²) in [4.78, 5) is 2.30. The lowest BCUT2D eigenvalue weighted by atomic mass is 10.1. The molecule has 2 atom stereocenters. The fourth-order valence-electron chi connectivity index (χ4n) is 5.30. The van der Waals surface area contributed by atoms with Crippen LogP contribution in [-0.4, -0.2) is 52.1 Å². The molecule has 194 valence electrons. The fraction of sp³-hybridized carbons (Fsp3) is 0.333. The zero-order valence-corrected chi connectivity index (χ0v) is 21.9. The van der Waals surface area contributed by atoms with Crippen molar-refractivity contribution in [2.45, 2.75) is 32.9 Å². The third-order valence-corrected chi connectivity index (χ3v) is 7.73. The molecule has 0 unspecified atom stereocenters. The maximum Gasteiger partial charge on any atom is 0.119 e. The van der Waals surface area contributed by atoms with Gasteiger partial charge in [-0.25, -0.2) is 0 Å². The number of nitrogens with zero attached hydrogens (tertiary/aromatic N) is 2. The van der Waals surface area contributed by atoms with E-state index in [2.05, 4.69) is 28.5 Å². The summed E-state index contributed by atoms with van der Waals surface area (Å²) in [5, 5.41) is 21.4. The number of hydrogen-bond acceptors (Lipinski definition) is 4. The average Bonchev–Trinajstić information content (AvgIpc) is 3.47. The number of alkyl halides is 1. The Hall–Kier alpha value is -3.22. The van der Waals surface area contributed by atoms with Crippen LogP contribution in [0.4, 0.5) is 4.39 Å². The van der Waals surface area contributed by atoms with Gasteiger partial charge in [-0.2, -0.15) is 0 Å². The Labute approximate surface area is 221 Å². The van der Waals surface area contributed by atoms with Gasteiger partial charge in [0.05, 0.1) is 17.4 Å². The van der Waals surface area contributed by atoms with E-state index in [-0.39, 0.29) is 30.1 Å². The lowest BCUT2D eigenvalue weighted by molar-refractivity contribution is 0.165.